The largest absolute Gasteiger partial charge is 0.312 e. The molecule has 11 aromatic carbocycles. The highest BCUT2D eigenvalue weighted by Crippen LogP contribution is 2.49. The highest BCUT2D eigenvalue weighted by molar-refractivity contribution is 6.34. The van der Waals surface area contributed by atoms with E-state index in [4.69, 9.17) is 0 Å². The molecule has 0 amide bonds. The van der Waals surface area contributed by atoms with Crippen LogP contribution in [-0.2, 0) is 0 Å². The van der Waals surface area contributed by atoms with Gasteiger partial charge in [-0.1, -0.05) is 146 Å². The molecule has 0 radical (unpaired) electrons. The zero-order valence-electron chi connectivity index (χ0n) is 31.2. The van der Waals surface area contributed by atoms with Gasteiger partial charge < -0.3 is 9.47 Å². The molecule has 0 N–H and O–H groups in total. The number of fused-ring (bicyclic) bond motifs is 9. The maximum Gasteiger partial charge on any atom is 0.0619 e. The summed E-state index contributed by atoms with van der Waals surface area (Å²) in [5.41, 5.74) is 8.51. The average molecular weight is 713 g/mol. The molecular weight excluding hydrogens is 677 g/mol. The lowest BCUT2D eigenvalue weighted by Gasteiger charge is -2.28. The highest BCUT2D eigenvalue weighted by atomic mass is 15.1. The SMILES string of the molecule is Cc1c(C)n(-c2ccc3ccc4cccc5ccc2c3c45)c2c3ccccc3c3cc(N(c4ccccc4)c4ccc5ccccc5c4)c4ccccc4c3c12. The van der Waals surface area contributed by atoms with E-state index in [1.165, 1.54) is 109 Å². The second-order valence-corrected chi connectivity index (χ2v) is 15.3. The Labute approximate surface area is 324 Å². The third-order valence-electron chi connectivity index (χ3n) is 12.5. The van der Waals surface area contributed by atoms with Crippen LogP contribution < -0.4 is 4.90 Å². The minimum atomic E-state index is 1.13. The van der Waals surface area contributed by atoms with Crippen LogP contribution in [0.4, 0.5) is 17.1 Å². The third-order valence-corrected chi connectivity index (χ3v) is 12.5. The van der Waals surface area contributed by atoms with Gasteiger partial charge in [0.25, 0.3) is 0 Å². The Morgan fingerprint density at radius 1 is 0.357 bits per heavy atom. The standard InChI is InChI=1S/C54H36N2/c1-33-34(2)55(48-30-27-38-24-23-36-15-12-16-37-26-29-46(48)52(38)51(36)37)54-45-22-11-8-19-42(45)47-32-49(43-20-9-10-21-44(43)53(47)50(33)54)56(40-17-4-3-5-18-40)41-28-25-35-13-6-7-14-39(35)31-41/h3-32H,1-2H3. The van der Waals surface area contributed by atoms with Crippen molar-refractivity contribution >= 4 is 103 Å². The fourth-order valence-electron chi connectivity index (χ4n) is 9.85. The van der Waals surface area contributed by atoms with Crippen molar-refractivity contribution in [2.45, 2.75) is 13.8 Å². The van der Waals surface area contributed by atoms with Crippen molar-refractivity contribution in [1.82, 2.24) is 4.57 Å². The summed E-state index contributed by atoms with van der Waals surface area (Å²) in [6, 6.07) is 67.4. The quantitative estimate of drug-likeness (QED) is 0.165. The molecule has 1 aromatic heterocycles. The molecule has 0 fully saturated rings. The van der Waals surface area contributed by atoms with E-state index in [-0.39, 0.29) is 0 Å². The zero-order valence-corrected chi connectivity index (χ0v) is 31.2. The molecule has 262 valence electrons. The van der Waals surface area contributed by atoms with Gasteiger partial charge in [-0.3, -0.25) is 0 Å². The molecule has 0 aliphatic heterocycles. The van der Waals surface area contributed by atoms with Gasteiger partial charge in [0.15, 0.2) is 0 Å². The van der Waals surface area contributed by atoms with Crippen LogP contribution in [0, 0.1) is 13.8 Å². The molecule has 0 aliphatic carbocycles. The predicted molar refractivity (Wildman–Crippen MR) is 241 cm³/mol. The van der Waals surface area contributed by atoms with Gasteiger partial charge in [0.2, 0.25) is 0 Å². The fourth-order valence-corrected chi connectivity index (χ4v) is 9.85. The number of benzene rings is 11. The smallest absolute Gasteiger partial charge is 0.0619 e. The summed E-state index contributed by atoms with van der Waals surface area (Å²) in [5, 5.41) is 19.2. The van der Waals surface area contributed by atoms with E-state index in [1.54, 1.807) is 0 Å². The lowest BCUT2D eigenvalue weighted by molar-refractivity contribution is 1.05. The second kappa shape index (κ2) is 11.7. The highest BCUT2D eigenvalue weighted by Gasteiger charge is 2.25. The monoisotopic (exact) mass is 712 g/mol. The second-order valence-electron chi connectivity index (χ2n) is 15.3. The fraction of sp³-hybridized carbons (Fsp3) is 0.0370. The molecule has 0 saturated heterocycles. The molecule has 0 spiro atoms. The van der Waals surface area contributed by atoms with Crippen molar-refractivity contribution in [2.24, 2.45) is 0 Å². The molecule has 0 atom stereocenters. The van der Waals surface area contributed by atoms with Gasteiger partial charge in [0.05, 0.1) is 16.9 Å². The van der Waals surface area contributed by atoms with E-state index >= 15 is 0 Å². The molecule has 12 rings (SSSR count). The average Bonchev–Trinajstić information content (AvgIpc) is 3.52. The maximum atomic E-state index is 2.56. The van der Waals surface area contributed by atoms with E-state index in [2.05, 4.69) is 205 Å². The number of nitrogens with zero attached hydrogens (tertiary/aromatic N) is 2. The van der Waals surface area contributed by atoms with Gasteiger partial charge in [-0.05, 0) is 115 Å². The van der Waals surface area contributed by atoms with Crippen LogP contribution in [0.5, 0.6) is 0 Å². The van der Waals surface area contributed by atoms with Gasteiger partial charge >= 0.3 is 0 Å². The van der Waals surface area contributed by atoms with E-state index in [9.17, 15) is 0 Å². The maximum absolute atomic E-state index is 2.56. The molecule has 1 heterocycles. The molecule has 12 aromatic rings. The summed E-state index contributed by atoms with van der Waals surface area (Å²) >= 11 is 0. The topological polar surface area (TPSA) is 8.17 Å². The van der Waals surface area contributed by atoms with Gasteiger partial charge in [-0.15, -0.1) is 0 Å². The first-order valence-electron chi connectivity index (χ1n) is 19.5. The summed E-state index contributed by atoms with van der Waals surface area (Å²) in [5.74, 6) is 0. The summed E-state index contributed by atoms with van der Waals surface area (Å²) in [4.78, 5) is 2.45. The molecule has 2 heteroatoms. The Bertz CT molecular complexity index is 3540. The van der Waals surface area contributed by atoms with E-state index in [0.717, 1.165) is 11.4 Å². The van der Waals surface area contributed by atoms with Crippen LogP contribution >= 0.6 is 0 Å². The van der Waals surface area contributed by atoms with Crippen molar-refractivity contribution in [2.75, 3.05) is 4.90 Å². The van der Waals surface area contributed by atoms with E-state index in [1.807, 2.05) is 0 Å². The molecule has 0 unspecified atom stereocenters. The van der Waals surface area contributed by atoms with Crippen LogP contribution in [0.3, 0.4) is 0 Å². The molecule has 2 nitrogen and oxygen atoms in total. The Kier molecular flexibility index (Phi) is 6.50. The van der Waals surface area contributed by atoms with Crippen LogP contribution in [0.15, 0.2) is 182 Å². The van der Waals surface area contributed by atoms with Gasteiger partial charge in [0, 0.05) is 38.6 Å². The molecule has 0 saturated carbocycles. The lowest BCUT2D eigenvalue weighted by atomic mass is 9.91. The van der Waals surface area contributed by atoms with Crippen LogP contribution in [-0.4, -0.2) is 4.57 Å². The van der Waals surface area contributed by atoms with Crippen molar-refractivity contribution in [1.29, 1.82) is 0 Å². The molecule has 0 bridgehead atoms. The predicted octanol–water partition coefficient (Wildman–Crippen LogP) is 15.2. The minimum absolute atomic E-state index is 1.13. The van der Waals surface area contributed by atoms with Crippen molar-refractivity contribution in [3.05, 3.63) is 193 Å². The van der Waals surface area contributed by atoms with Gasteiger partial charge in [-0.2, -0.15) is 0 Å². The number of rotatable bonds is 4. The van der Waals surface area contributed by atoms with E-state index in [0.29, 0.717) is 0 Å². The molecule has 56 heavy (non-hydrogen) atoms. The number of hydrogen-bond donors (Lipinski definition) is 0. The number of para-hydroxylation sites is 1. The Balaban J connectivity index is 1.22. The Morgan fingerprint density at radius 3 is 1.77 bits per heavy atom. The first-order chi connectivity index (χ1) is 27.6. The summed E-state index contributed by atoms with van der Waals surface area (Å²) in [6.45, 7) is 4.63. The van der Waals surface area contributed by atoms with Crippen molar-refractivity contribution < 1.29 is 0 Å². The van der Waals surface area contributed by atoms with Crippen molar-refractivity contribution in [3.8, 4) is 5.69 Å². The summed E-state index contributed by atoms with van der Waals surface area (Å²) in [6.07, 6.45) is 0. The molecular formula is C54H36N2. The first kappa shape index (κ1) is 31.2. The van der Waals surface area contributed by atoms with Crippen LogP contribution in [0.25, 0.3) is 92.0 Å². The van der Waals surface area contributed by atoms with Crippen molar-refractivity contribution in [3.63, 3.8) is 0 Å². The Morgan fingerprint density at radius 2 is 0.964 bits per heavy atom. The van der Waals surface area contributed by atoms with Gasteiger partial charge in [-0.25, -0.2) is 0 Å². The van der Waals surface area contributed by atoms with Crippen LogP contribution in [0.2, 0.25) is 0 Å². The third kappa shape index (κ3) is 4.27. The number of aryl methyl sites for hydroxylation is 1. The molecule has 0 aliphatic rings. The zero-order chi connectivity index (χ0) is 37.1. The van der Waals surface area contributed by atoms with Gasteiger partial charge in [0.1, 0.15) is 0 Å². The number of aromatic nitrogens is 1. The first-order valence-corrected chi connectivity index (χ1v) is 19.5. The Hall–Kier alpha value is -7.16. The summed E-state index contributed by atoms with van der Waals surface area (Å²) in [7, 11) is 0. The normalized spacial score (nSPS) is 12.1. The summed E-state index contributed by atoms with van der Waals surface area (Å²) < 4.78 is 2.56. The van der Waals surface area contributed by atoms with Crippen LogP contribution in [0.1, 0.15) is 11.3 Å². The lowest BCUT2D eigenvalue weighted by Crippen LogP contribution is -2.10. The van der Waals surface area contributed by atoms with E-state index < -0.39 is 0 Å². The number of anilines is 3. The number of hydrogen-bond acceptors (Lipinski definition) is 1. The minimum Gasteiger partial charge on any atom is -0.312 e.